The van der Waals surface area contributed by atoms with Crippen LogP contribution < -0.4 is 10.6 Å². The van der Waals surface area contributed by atoms with E-state index < -0.39 is 0 Å². The second-order valence-electron chi connectivity index (χ2n) is 7.57. The maximum absolute atomic E-state index is 12.5. The molecular weight excluding hydrogens is 434 g/mol. The Kier molecular flexibility index (Phi) is 7.59. The minimum Gasteiger partial charge on any atom is -0.350 e. The van der Waals surface area contributed by atoms with Gasteiger partial charge in [0.25, 0.3) is 0 Å². The van der Waals surface area contributed by atoms with Crippen molar-refractivity contribution in [3.8, 4) is 11.4 Å². The Morgan fingerprint density at radius 1 is 1.16 bits per heavy atom. The van der Waals surface area contributed by atoms with E-state index in [1.165, 1.54) is 0 Å². The van der Waals surface area contributed by atoms with Gasteiger partial charge in [0.05, 0.1) is 0 Å². The van der Waals surface area contributed by atoms with E-state index in [0.717, 1.165) is 11.1 Å². The number of benzene rings is 2. The number of hydrogen-bond acceptors (Lipinski definition) is 4. The van der Waals surface area contributed by atoms with Crippen molar-refractivity contribution < 1.29 is 9.59 Å². The van der Waals surface area contributed by atoms with Crippen LogP contribution in [0.3, 0.4) is 0 Å². The smallest absolute Gasteiger partial charge is 0.240 e. The molecule has 1 heterocycles. The Bertz CT molecular complexity index is 1120. The number of carbonyl (C=O) groups is 2. The molecule has 3 rings (SSSR count). The van der Waals surface area contributed by atoms with E-state index in [1.807, 2.05) is 50.2 Å². The van der Waals surface area contributed by atoms with Crippen molar-refractivity contribution in [1.82, 2.24) is 20.1 Å². The number of rotatable bonds is 8. The van der Waals surface area contributed by atoms with Crippen LogP contribution in [0, 0.1) is 10.7 Å². The van der Waals surface area contributed by atoms with Gasteiger partial charge in [-0.1, -0.05) is 37.6 Å². The van der Waals surface area contributed by atoms with Crippen molar-refractivity contribution in [2.75, 3.05) is 5.32 Å². The molecular formula is C22H24ClN5O2S. The summed E-state index contributed by atoms with van der Waals surface area (Å²) in [6.07, 6.45) is 0.461. The van der Waals surface area contributed by atoms with Crippen LogP contribution in [0.5, 0.6) is 0 Å². The molecule has 9 heteroatoms. The van der Waals surface area contributed by atoms with Crippen molar-refractivity contribution in [2.24, 2.45) is 5.92 Å². The molecule has 0 radical (unpaired) electrons. The first-order valence-corrected chi connectivity index (χ1v) is 10.7. The summed E-state index contributed by atoms with van der Waals surface area (Å²) in [5, 5.41) is 13.3. The van der Waals surface area contributed by atoms with Crippen molar-refractivity contribution in [2.45, 2.75) is 33.4 Å². The monoisotopic (exact) mass is 457 g/mol. The van der Waals surface area contributed by atoms with Gasteiger partial charge < -0.3 is 10.6 Å². The van der Waals surface area contributed by atoms with E-state index in [2.05, 4.69) is 20.8 Å². The highest BCUT2D eigenvalue weighted by Crippen LogP contribution is 2.20. The van der Waals surface area contributed by atoms with Gasteiger partial charge in [0.1, 0.15) is 6.54 Å². The number of amides is 2. The van der Waals surface area contributed by atoms with Gasteiger partial charge in [-0.3, -0.25) is 19.3 Å². The van der Waals surface area contributed by atoms with Gasteiger partial charge in [0.2, 0.25) is 11.8 Å². The van der Waals surface area contributed by atoms with Gasteiger partial charge >= 0.3 is 0 Å². The maximum atomic E-state index is 12.5. The zero-order valence-electron chi connectivity index (χ0n) is 17.3. The number of hydrogen-bond donors (Lipinski definition) is 3. The Labute approximate surface area is 190 Å². The summed E-state index contributed by atoms with van der Waals surface area (Å²) in [6.45, 7) is 4.35. The Balaban J connectivity index is 1.62. The Morgan fingerprint density at radius 2 is 1.90 bits per heavy atom. The van der Waals surface area contributed by atoms with E-state index in [0.29, 0.717) is 34.3 Å². The topological polar surface area (TPSA) is 91.8 Å². The molecule has 1 aromatic heterocycles. The highest BCUT2D eigenvalue weighted by Gasteiger charge is 2.13. The van der Waals surface area contributed by atoms with E-state index in [9.17, 15) is 9.59 Å². The predicted octanol–water partition coefficient (Wildman–Crippen LogP) is 4.56. The predicted molar refractivity (Wildman–Crippen MR) is 124 cm³/mol. The summed E-state index contributed by atoms with van der Waals surface area (Å²) in [5.74, 6) is 0.615. The number of nitrogens with zero attached hydrogens (tertiary/aromatic N) is 2. The molecule has 0 atom stereocenters. The number of halogens is 1. The molecule has 0 spiro atoms. The third-order valence-electron chi connectivity index (χ3n) is 4.46. The zero-order valence-corrected chi connectivity index (χ0v) is 18.9. The Hall–Kier alpha value is -2.97. The lowest BCUT2D eigenvalue weighted by Gasteiger charge is -2.11. The minimum absolute atomic E-state index is 0.0259. The first kappa shape index (κ1) is 22.7. The van der Waals surface area contributed by atoms with Gasteiger partial charge in [-0.2, -0.15) is 5.10 Å². The number of nitrogens with one attached hydrogen (secondary N) is 3. The highest BCUT2D eigenvalue weighted by molar-refractivity contribution is 7.71. The van der Waals surface area contributed by atoms with Crippen LogP contribution in [0.2, 0.25) is 5.02 Å². The number of aromatic nitrogens is 3. The van der Waals surface area contributed by atoms with Gasteiger partial charge in [0.15, 0.2) is 10.6 Å². The Morgan fingerprint density at radius 3 is 2.61 bits per heavy atom. The molecule has 0 fully saturated rings. The van der Waals surface area contributed by atoms with Crippen LogP contribution in [0.4, 0.5) is 5.69 Å². The van der Waals surface area contributed by atoms with Crippen molar-refractivity contribution in [3.05, 3.63) is 63.9 Å². The van der Waals surface area contributed by atoms with Crippen molar-refractivity contribution in [3.63, 3.8) is 0 Å². The lowest BCUT2D eigenvalue weighted by Crippen LogP contribution is -2.27. The zero-order chi connectivity index (χ0) is 22.4. The fourth-order valence-electron chi connectivity index (χ4n) is 3.03. The molecule has 3 N–H and O–H groups in total. The molecule has 0 unspecified atom stereocenters. The summed E-state index contributed by atoms with van der Waals surface area (Å²) in [7, 11) is 0. The fraction of sp³-hybridized carbons (Fsp3) is 0.273. The van der Waals surface area contributed by atoms with Crippen LogP contribution >= 0.6 is 23.8 Å². The number of carbonyl (C=O) groups excluding carboxylic acids is 2. The molecule has 31 heavy (non-hydrogen) atoms. The first-order valence-electron chi connectivity index (χ1n) is 9.88. The van der Waals surface area contributed by atoms with Crippen molar-refractivity contribution in [1.29, 1.82) is 0 Å². The van der Waals surface area contributed by atoms with E-state index in [1.54, 1.807) is 16.7 Å². The molecule has 0 aliphatic rings. The number of H-pyrrole nitrogens is 1. The van der Waals surface area contributed by atoms with E-state index in [4.69, 9.17) is 23.8 Å². The highest BCUT2D eigenvalue weighted by atomic mass is 35.5. The third kappa shape index (κ3) is 6.50. The maximum Gasteiger partial charge on any atom is 0.240 e. The minimum atomic E-state index is -0.207. The van der Waals surface area contributed by atoms with Crippen LogP contribution in [-0.2, 0) is 22.7 Å². The lowest BCUT2D eigenvalue weighted by molar-refractivity contribution is -0.122. The molecule has 0 saturated heterocycles. The molecule has 2 aromatic carbocycles. The number of anilines is 1. The largest absolute Gasteiger partial charge is 0.350 e. The van der Waals surface area contributed by atoms with Crippen LogP contribution in [0.15, 0.2) is 48.5 Å². The van der Waals surface area contributed by atoms with Crippen LogP contribution in [-0.4, -0.2) is 26.6 Å². The lowest BCUT2D eigenvalue weighted by atomic mass is 10.1. The first-order chi connectivity index (χ1) is 14.8. The molecule has 162 valence electrons. The normalized spacial score (nSPS) is 10.8. The van der Waals surface area contributed by atoms with Gasteiger partial charge in [-0.25, -0.2) is 0 Å². The molecule has 0 aliphatic heterocycles. The molecule has 0 bridgehead atoms. The molecule has 2 amide bonds. The standard InChI is InChI=1S/C22H24ClN5O2S/c1-14(2)10-19(29)25-18-5-3-4-15(11-18)12-24-20(30)13-28-21(26-27-22(28)31)16-6-8-17(23)9-7-16/h3-9,11,14H,10,12-13H2,1-2H3,(H,24,30)(H,25,29)(H,27,31). The molecule has 0 saturated carbocycles. The quantitative estimate of drug-likeness (QED) is 0.432. The summed E-state index contributed by atoms with van der Waals surface area (Å²) >= 11 is 11.2. The summed E-state index contributed by atoms with van der Waals surface area (Å²) in [4.78, 5) is 24.5. The second-order valence-corrected chi connectivity index (χ2v) is 8.39. The van der Waals surface area contributed by atoms with Gasteiger partial charge in [-0.05, 0) is 60.1 Å². The van der Waals surface area contributed by atoms with Gasteiger partial charge in [-0.15, -0.1) is 0 Å². The third-order valence-corrected chi connectivity index (χ3v) is 5.02. The van der Waals surface area contributed by atoms with E-state index in [-0.39, 0.29) is 24.3 Å². The average molecular weight is 458 g/mol. The summed E-state index contributed by atoms with van der Waals surface area (Å²) in [6, 6.07) is 14.6. The molecule has 3 aromatic rings. The SMILES string of the molecule is CC(C)CC(=O)Nc1cccc(CNC(=O)Cn2c(-c3ccc(Cl)cc3)n[nH]c2=S)c1. The molecule has 0 aliphatic carbocycles. The second kappa shape index (κ2) is 10.4. The molecule has 7 nitrogen and oxygen atoms in total. The van der Waals surface area contributed by atoms with Gasteiger partial charge in [0, 0.05) is 29.2 Å². The fourth-order valence-corrected chi connectivity index (χ4v) is 3.35. The van der Waals surface area contributed by atoms with E-state index >= 15 is 0 Å². The number of aromatic amines is 1. The van der Waals surface area contributed by atoms with Crippen molar-refractivity contribution >= 4 is 41.3 Å². The summed E-state index contributed by atoms with van der Waals surface area (Å²) in [5.41, 5.74) is 2.39. The average Bonchev–Trinajstić information content (AvgIpc) is 3.07. The summed E-state index contributed by atoms with van der Waals surface area (Å²) < 4.78 is 1.99. The van der Waals surface area contributed by atoms with Crippen LogP contribution in [0.25, 0.3) is 11.4 Å². The van der Waals surface area contributed by atoms with Crippen LogP contribution in [0.1, 0.15) is 25.8 Å².